The third-order valence-corrected chi connectivity index (χ3v) is 4.99. The van der Waals surface area contributed by atoms with Crippen molar-refractivity contribution in [3.05, 3.63) is 16.1 Å². The van der Waals surface area contributed by atoms with Gasteiger partial charge in [0.05, 0.1) is 5.01 Å². The summed E-state index contributed by atoms with van der Waals surface area (Å²) in [7, 11) is 0. The van der Waals surface area contributed by atoms with Gasteiger partial charge < -0.3 is 4.90 Å². The highest BCUT2D eigenvalue weighted by Crippen LogP contribution is 2.34. The molecule has 0 spiro atoms. The molecule has 1 aliphatic carbocycles. The van der Waals surface area contributed by atoms with Crippen LogP contribution in [0.2, 0.25) is 0 Å². The number of carbonyl (C=O) groups excluding carboxylic acids is 2. The highest BCUT2D eigenvalue weighted by Gasteiger charge is 2.40. The van der Waals surface area contributed by atoms with Crippen LogP contribution in [0.15, 0.2) is 5.38 Å². The van der Waals surface area contributed by atoms with E-state index in [9.17, 15) is 9.59 Å². The minimum atomic E-state index is 0.00606. The lowest BCUT2D eigenvalue weighted by Crippen LogP contribution is -2.41. The first-order valence-electron chi connectivity index (χ1n) is 6.92. The minimum Gasteiger partial charge on any atom is -0.334 e. The van der Waals surface area contributed by atoms with Gasteiger partial charge in [-0.05, 0) is 32.6 Å². The van der Waals surface area contributed by atoms with Crippen molar-refractivity contribution in [1.29, 1.82) is 0 Å². The van der Waals surface area contributed by atoms with E-state index < -0.39 is 0 Å². The Bertz CT molecular complexity index is 511. The fraction of sp³-hybridized carbons (Fsp3) is 0.643. The molecule has 19 heavy (non-hydrogen) atoms. The average molecular weight is 278 g/mol. The van der Waals surface area contributed by atoms with E-state index in [0.717, 1.165) is 37.2 Å². The van der Waals surface area contributed by atoms with Crippen LogP contribution in [0.1, 0.15) is 47.6 Å². The molecule has 1 aromatic rings. The van der Waals surface area contributed by atoms with Crippen LogP contribution in [0.3, 0.4) is 0 Å². The van der Waals surface area contributed by atoms with E-state index in [1.807, 2.05) is 17.2 Å². The SMILES string of the molecule is Cc1nc(C(=O)N2CCCC2C2CCCC2=O)cs1. The number of Topliss-reactive ketones (excluding diaryl/α,β-unsaturated/α-hetero) is 1. The number of aromatic nitrogens is 1. The molecule has 0 bridgehead atoms. The number of ketones is 1. The van der Waals surface area contributed by atoms with Gasteiger partial charge in [0.15, 0.2) is 0 Å². The van der Waals surface area contributed by atoms with Gasteiger partial charge in [0.25, 0.3) is 5.91 Å². The molecule has 3 rings (SSSR count). The molecule has 2 fully saturated rings. The molecule has 0 radical (unpaired) electrons. The molecule has 1 aromatic heterocycles. The molecule has 0 N–H and O–H groups in total. The Morgan fingerprint density at radius 3 is 2.89 bits per heavy atom. The van der Waals surface area contributed by atoms with Crippen LogP contribution in [0, 0.1) is 12.8 Å². The summed E-state index contributed by atoms with van der Waals surface area (Å²) >= 11 is 1.50. The zero-order valence-electron chi connectivity index (χ0n) is 11.1. The molecule has 5 heteroatoms. The molecule has 1 aliphatic heterocycles. The van der Waals surface area contributed by atoms with E-state index >= 15 is 0 Å². The fourth-order valence-electron chi connectivity index (χ4n) is 3.32. The lowest BCUT2D eigenvalue weighted by molar-refractivity contribution is -0.121. The second kappa shape index (κ2) is 5.04. The minimum absolute atomic E-state index is 0.00606. The van der Waals surface area contributed by atoms with Crippen molar-refractivity contribution in [3.8, 4) is 0 Å². The lowest BCUT2D eigenvalue weighted by Gasteiger charge is -2.28. The van der Waals surface area contributed by atoms with Crippen LogP contribution in [0.25, 0.3) is 0 Å². The molecule has 2 aliphatic rings. The molecule has 1 saturated carbocycles. The topological polar surface area (TPSA) is 50.3 Å². The molecule has 0 aromatic carbocycles. The summed E-state index contributed by atoms with van der Waals surface area (Å²) in [6.45, 7) is 2.67. The highest BCUT2D eigenvalue weighted by atomic mass is 32.1. The van der Waals surface area contributed by atoms with Crippen molar-refractivity contribution in [2.75, 3.05) is 6.54 Å². The predicted molar refractivity (Wildman–Crippen MR) is 73.3 cm³/mol. The number of thiazole rings is 1. The molecule has 102 valence electrons. The van der Waals surface area contributed by atoms with Crippen LogP contribution < -0.4 is 0 Å². The largest absolute Gasteiger partial charge is 0.334 e. The Morgan fingerprint density at radius 2 is 2.26 bits per heavy atom. The Labute approximate surface area is 116 Å². The van der Waals surface area contributed by atoms with Crippen molar-refractivity contribution in [2.45, 2.75) is 45.1 Å². The molecule has 2 atom stereocenters. The zero-order valence-corrected chi connectivity index (χ0v) is 11.9. The maximum Gasteiger partial charge on any atom is 0.273 e. The summed E-state index contributed by atoms with van der Waals surface area (Å²) in [4.78, 5) is 30.6. The first-order valence-corrected chi connectivity index (χ1v) is 7.80. The Hall–Kier alpha value is -1.23. The van der Waals surface area contributed by atoms with Gasteiger partial charge in [-0.25, -0.2) is 4.98 Å². The van der Waals surface area contributed by atoms with Gasteiger partial charge in [0.1, 0.15) is 11.5 Å². The number of carbonyl (C=O) groups is 2. The van der Waals surface area contributed by atoms with Crippen molar-refractivity contribution in [3.63, 3.8) is 0 Å². The number of amides is 1. The maximum absolute atomic E-state index is 12.5. The molecular weight excluding hydrogens is 260 g/mol. The van der Waals surface area contributed by atoms with Gasteiger partial charge in [-0.1, -0.05) is 0 Å². The van der Waals surface area contributed by atoms with E-state index in [-0.39, 0.29) is 17.9 Å². The quantitative estimate of drug-likeness (QED) is 0.835. The van der Waals surface area contributed by atoms with Crippen molar-refractivity contribution < 1.29 is 9.59 Å². The van der Waals surface area contributed by atoms with Crippen LogP contribution in [-0.2, 0) is 4.79 Å². The van der Waals surface area contributed by atoms with Gasteiger partial charge >= 0.3 is 0 Å². The summed E-state index contributed by atoms with van der Waals surface area (Å²) in [5.41, 5.74) is 0.542. The number of aryl methyl sites for hydroxylation is 1. The smallest absolute Gasteiger partial charge is 0.273 e. The second-order valence-electron chi connectivity index (χ2n) is 5.42. The predicted octanol–water partition coefficient (Wildman–Crippen LogP) is 2.43. The summed E-state index contributed by atoms with van der Waals surface area (Å²) < 4.78 is 0. The number of hydrogen-bond acceptors (Lipinski definition) is 4. The average Bonchev–Trinajstić information content (AvgIpc) is 3.07. The molecular formula is C14H18N2O2S. The third-order valence-electron chi connectivity index (χ3n) is 4.21. The van der Waals surface area contributed by atoms with Gasteiger partial charge in [-0.2, -0.15) is 0 Å². The highest BCUT2D eigenvalue weighted by molar-refractivity contribution is 7.09. The third kappa shape index (κ3) is 2.31. The first kappa shape index (κ1) is 12.8. The Morgan fingerprint density at radius 1 is 1.42 bits per heavy atom. The monoisotopic (exact) mass is 278 g/mol. The standard InChI is InChI=1S/C14H18N2O2S/c1-9-15-11(8-19-9)14(18)16-7-3-5-12(16)10-4-2-6-13(10)17/h8,10,12H,2-7H2,1H3. The lowest BCUT2D eigenvalue weighted by atomic mass is 9.95. The molecule has 2 unspecified atom stereocenters. The van der Waals surface area contributed by atoms with Crippen molar-refractivity contribution in [1.82, 2.24) is 9.88 Å². The van der Waals surface area contributed by atoms with E-state index in [1.165, 1.54) is 11.3 Å². The Balaban J connectivity index is 1.79. The first-order chi connectivity index (χ1) is 9.16. The summed E-state index contributed by atoms with van der Waals surface area (Å²) in [6, 6.07) is 0.115. The van der Waals surface area contributed by atoms with Crippen LogP contribution in [-0.4, -0.2) is 34.2 Å². The summed E-state index contributed by atoms with van der Waals surface area (Å²) in [5.74, 6) is 0.428. The van der Waals surface area contributed by atoms with E-state index in [2.05, 4.69) is 4.98 Å². The van der Waals surface area contributed by atoms with E-state index in [1.54, 1.807) is 0 Å². The van der Waals surface area contributed by atoms with Crippen LogP contribution >= 0.6 is 11.3 Å². The number of rotatable bonds is 2. The normalized spacial score (nSPS) is 27.2. The number of nitrogens with zero attached hydrogens (tertiary/aromatic N) is 2. The van der Waals surface area contributed by atoms with Crippen molar-refractivity contribution >= 4 is 23.0 Å². The Kier molecular flexibility index (Phi) is 3.39. The van der Waals surface area contributed by atoms with Gasteiger partial charge in [-0.15, -0.1) is 11.3 Å². The van der Waals surface area contributed by atoms with Crippen molar-refractivity contribution in [2.24, 2.45) is 5.92 Å². The molecule has 4 nitrogen and oxygen atoms in total. The maximum atomic E-state index is 12.5. The molecule has 1 saturated heterocycles. The van der Waals surface area contributed by atoms with Crippen LogP contribution in [0.4, 0.5) is 0 Å². The van der Waals surface area contributed by atoms with Gasteiger partial charge in [-0.3, -0.25) is 9.59 Å². The molecule has 1 amide bonds. The fourth-order valence-corrected chi connectivity index (χ4v) is 3.91. The van der Waals surface area contributed by atoms with Gasteiger partial charge in [0.2, 0.25) is 0 Å². The summed E-state index contributed by atoms with van der Waals surface area (Å²) in [6.07, 6.45) is 4.59. The number of hydrogen-bond donors (Lipinski definition) is 0. The van der Waals surface area contributed by atoms with Gasteiger partial charge in [0, 0.05) is 30.3 Å². The zero-order chi connectivity index (χ0) is 13.4. The van der Waals surface area contributed by atoms with E-state index in [4.69, 9.17) is 0 Å². The molecule has 2 heterocycles. The number of likely N-dealkylation sites (tertiary alicyclic amines) is 1. The second-order valence-corrected chi connectivity index (χ2v) is 6.49. The van der Waals surface area contributed by atoms with Crippen LogP contribution in [0.5, 0.6) is 0 Å². The van der Waals surface area contributed by atoms with E-state index in [0.29, 0.717) is 17.9 Å². The summed E-state index contributed by atoms with van der Waals surface area (Å²) in [5, 5.41) is 2.74.